The number of nitrogens with zero attached hydrogens (tertiary/aromatic N) is 1. The van der Waals surface area contributed by atoms with Gasteiger partial charge in [-0.3, -0.25) is 0 Å². The van der Waals surface area contributed by atoms with Crippen LogP contribution in [-0.2, 0) is 9.47 Å². The van der Waals surface area contributed by atoms with Crippen LogP contribution in [0.15, 0.2) is 18.2 Å². The number of esters is 2. The lowest BCUT2D eigenvalue weighted by Crippen LogP contribution is -2.18. The largest absolute Gasteiger partial charge is 0.461 e. The number of hydrogen-bond donors (Lipinski definition) is 0. The summed E-state index contributed by atoms with van der Waals surface area (Å²) in [6, 6.07) is 5.04. The number of carbonyl (C=O) groups excluding carboxylic acids is 2. The quantitative estimate of drug-likeness (QED) is 0.0501. The molecule has 0 spiro atoms. The Kier molecular flexibility index (Phi) is 33.4. The maximum absolute atomic E-state index is 13.2. The molecule has 1 heterocycles. The first kappa shape index (κ1) is 48.1. The highest BCUT2D eigenvalue weighted by Crippen LogP contribution is 2.22. The van der Waals surface area contributed by atoms with Gasteiger partial charge in [0.05, 0.1) is 13.2 Å². The highest BCUT2D eigenvalue weighted by Gasteiger charge is 2.19. The standard InChI is InChI=1S/C47H85NO4/c1-5-9-13-17-21-23-27-31-36-42(34-29-25-19-15-11-7-3)40-51-46(49)44-38-33-39-45(48-44)47(50)52-41-43(35-30-26-20-16-12-8-4)37-32-28-24-22-18-14-10-6-2/h33,38-39,42-43H,5-32,34-37,40-41H2,1-4H3. The Bertz CT molecular complexity index is 878. The molecule has 5 nitrogen and oxygen atoms in total. The molecule has 2 unspecified atom stereocenters. The molecule has 0 amide bonds. The van der Waals surface area contributed by atoms with Crippen molar-refractivity contribution in [2.75, 3.05) is 13.2 Å². The van der Waals surface area contributed by atoms with Crippen LogP contribution in [0.1, 0.15) is 254 Å². The summed E-state index contributed by atoms with van der Waals surface area (Å²) in [5, 5.41) is 0. The van der Waals surface area contributed by atoms with Crippen molar-refractivity contribution in [2.24, 2.45) is 11.8 Å². The fraction of sp³-hybridized carbons (Fsp3) is 0.851. The molecule has 5 heteroatoms. The number of ether oxygens (including phenoxy) is 2. The molecule has 302 valence electrons. The highest BCUT2D eigenvalue weighted by molar-refractivity contribution is 5.91. The minimum absolute atomic E-state index is 0.197. The van der Waals surface area contributed by atoms with Crippen molar-refractivity contribution >= 4 is 11.9 Å². The summed E-state index contributed by atoms with van der Waals surface area (Å²) in [6.45, 7) is 9.91. The van der Waals surface area contributed by atoms with Crippen molar-refractivity contribution in [2.45, 2.75) is 233 Å². The molecule has 52 heavy (non-hydrogen) atoms. The van der Waals surface area contributed by atoms with Gasteiger partial charge < -0.3 is 9.47 Å². The first-order valence-electron chi connectivity index (χ1n) is 22.9. The van der Waals surface area contributed by atoms with Crippen molar-refractivity contribution in [3.05, 3.63) is 29.6 Å². The van der Waals surface area contributed by atoms with Crippen LogP contribution in [0, 0.1) is 11.8 Å². The molecule has 0 aliphatic heterocycles. The molecule has 0 aromatic carbocycles. The molecule has 1 rings (SSSR count). The van der Waals surface area contributed by atoms with Crippen LogP contribution in [0.5, 0.6) is 0 Å². The van der Waals surface area contributed by atoms with Gasteiger partial charge in [-0.25, -0.2) is 14.6 Å². The van der Waals surface area contributed by atoms with E-state index in [-0.39, 0.29) is 11.4 Å². The zero-order chi connectivity index (χ0) is 37.7. The average molecular weight is 728 g/mol. The number of hydrogen-bond acceptors (Lipinski definition) is 5. The van der Waals surface area contributed by atoms with E-state index in [4.69, 9.17) is 9.47 Å². The average Bonchev–Trinajstić information content (AvgIpc) is 3.16. The molecule has 0 N–H and O–H groups in total. The minimum atomic E-state index is -0.436. The Morgan fingerprint density at radius 3 is 0.942 bits per heavy atom. The number of aromatic nitrogens is 1. The van der Waals surface area contributed by atoms with E-state index in [1.54, 1.807) is 18.2 Å². The van der Waals surface area contributed by atoms with Crippen LogP contribution >= 0.6 is 0 Å². The maximum Gasteiger partial charge on any atom is 0.356 e. The van der Waals surface area contributed by atoms with E-state index < -0.39 is 11.9 Å². The number of pyridine rings is 1. The van der Waals surface area contributed by atoms with Crippen molar-refractivity contribution in [3.63, 3.8) is 0 Å². The van der Waals surface area contributed by atoms with Gasteiger partial charge in [0.1, 0.15) is 11.4 Å². The second-order valence-electron chi connectivity index (χ2n) is 16.0. The molecule has 1 aromatic rings. The van der Waals surface area contributed by atoms with Crippen LogP contribution in [-0.4, -0.2) is 30.1 Å². The van der Waals surface area contributed by atoms with E-state index in [1.165, 1.54) is 180 Å². The van der Waals surface area contributed by atoms with Gasteiger partial charge in [-0.2, -0.15) is 0 Å². The third-order valence-electron chi connectivity index (χ3n) is 10.9. The number of unbranched alkanes of at least 4 members (excludes halogenated alkanes) is 24. The van der Waals surface area contributed by atoms with Gasteiger partial charge in [-0.05, 0) is 49.7 Å². The molecule has 0 saturated carbocycles. The molecular formula is C47H85NO4. The predicted octanol–water partition coefficient (Wildman–Crippen LogP) is 15.2. The maximum atomic E-state index is 13.2. The molecule has 0 aliphatic carbocycles. The van der Waals surface area contributed by atoms with Gasteiger partial charge in [0.25, 0.3) is 0 Å². The van der Waals surface area contributed by atoms with E-state index in [0.29, 0.717) is 25.0 Å². The fourth-order valence-corrected chi connectivity index (χ4v) is 7.38. The van der Waals surface area contributed by atoms with E-state index in [0.717, 1.165) is 25.7 Å². The topological polar surface area (TPSA) is 65.5 Å². The summed E-state index contributed by atoms with van der Waals surface area (Å²) in [5.41, 5.74) is 0.393. The fourth-order valence-electron chi connectivity index (χ4n) is 7.38. The van der Waals surface area contributed by atoms with E-state index in [9.17, 15) is 9.59 Å². The van der Waals surface area contributed by atoms with Crippen LogP contribution < -0.4 is 0 Å². The first-order valence-corrected chi connectivity index (χ1v) is 22.9. The zero-order valence-corrected chi connectivity index (χ0v) is 35.0. The summed E-state index contributed by atoms with van der Waals surface area (Å²) in [5.74, 6) is -0.107. The van der Waals surface area contributed by atoms with Gasteiger partial charge in [-0.15, -0.1) is 0 Å². The third kappa shape index (κ3) is 27.7. The van der Waals surface area contributed by atoms with Crippen molar-refractivity contribution < 1.29 is 19.1 Å². The van der Waals surface area contributed by atoms with Gasteiger partial charge in [0.15, 0.2) is 0 Å². The first-order chi connectivity index (χ1) is 25.5. The monoisotopic (exact) mass is 728 g/mol. The van der Waals surface area contributed by atoms with Crippen molar-refractivity contribution in [1.82, 2.24) is 4.98 Å². The second kappa shape index (κ2) is 36.1. The number of carbonyl (C=O) groups is 2. The van der Waals surface area contributed by atoms with Crippen molar-refractivity contribution in [1.29, 1.82) is 0 Å². The zero-order valence-electron chi connectivity index (χ0n) is 35.0. The van der Waals surface area contributed by atoms with Crippen LogP contribution in [0.3, 0.4) is 0 Å². The molecule has 1 aromatic heterocycles. The third-order valence-corrected chi connectivity index (χ3v) is 10.9. The lowest BCUT2D eigenvalue weighted by atomic mass is 9.94. The summed E-state index contributed by atoms with van der Waals surface area (Å²) < 4.78 is 11.7. The van der Waals surface area contributed by atoms with Gasteiger partial charge in [-0.1, -0.05) is 214 Å². The molecule has 0 saturated heterocycles. The Hall–Kier alpha value is -1.91. The highest BCUT2D eigenvalue weighted by atomic mass is 16.5. The van der Waals surface area contributed by atoms with Crippen LogP contribution in [0.4, 0.5) is 0 Å². The SMILES string of the molecule is CCCCCCCCCCC(CCCCCCCC)COC(=O)c1cccc(C(=O)OCC(CCCCCCCC)CCCCCCCCCC)n1. The smallest absolute Gasteiger partial charge is 0.356 e. The Balaban J connectivity index is 2.64. The van der Waals surface area contributed by atoms with Gasteiger partial charge in [0.2, 0.25) is 0 Å². The number of rotatable bonds is 38. The van der Waals surface area contributed by atoms with Gasteiger partial charge >= 0.3 is 11.9 Å². The lowest BCUT2D eigenvalue weighted by Gasteiger charge is -2.18. The van der Waals surface area contributed by atoms with Gasteiger partial charge in [0, 0.05) is 0 Å². The molecule has 0 fully saturated rings. The minimum Gasteiger partial charge on any atom is -0.461 e. The van der Waals surface area contributed by atoms with E-state index >= 15 is 0 Å². The lowest BCUT2D eigenvalue weighted by molar-refractivity contribution is 0.0406. The van der Waals surface area contributed by atoms with Crippen LogP contribution in [0.2, 0.25) is 0 Å². The molecule has 0 bridgehead atoms. The Morgan fingerprint density at radius 2 is 0.673 bits per heavy atom. The Labute approximate surface area is 323 Å². The Morgan fingerprint density at radius 1 is 0.423 bits per heavy atom. The normalized spacial score (nSPS) is 12.5. The summed E-state index contributed by atoms with van der Waals surface area (Å²) in [7, 11) is 0. The molecule has 0 aliphatic rings. The van der Waals surface area contributed by atoms with Crippen molar-refractivity contribution in [3.8, 4) is 0 Å². The van der Waals surface area contributed by atoms with E-state index in [1.807, 2.05) is 0 Å². The molecule has 2 atom stereocenters. The molecular weight excluding hydrogens is 643 g/mol. The van der Waals surface area contributed by atoms with E-state index in [2.05, 4.69) is 32.7 Å². The summed E-state index contributed by atoms with van der Waals surface area (Å²) in [6.07, 6.45) is 40.6. The molecule has 0 radical (unpaired) electrons. The second-order valence-corrected chi connectivity index (χ2v) is 16.0. The summed E-state index contributed by atoms with van der Waals surface area (Å²) >= 11 is 0. The predicted molar refractivity (Wildman–Crippen MR) is 222 cm³/mol. The summed E-state index contributed by atoms with van der Waals surface area (Å²) in [4.78, 5) is 30.7. The van der Waals surface area contributed by atoms with Crippen LogP contribution in [0.25, 0.3) is 0 Å².